The summed E-state index contributed by atoms with van der Waals surface area (Å²) in [5.41, 5.74) is 4.20. The minimum atomic E-state index is 0.847. The van der Waals surface area contributed by atoms with E-state index in [1.54, 1.807) is 6.08 Å². The molecule has 0 aliphatic carbocycles. The Morgan fingerprint density at radius 1 is 0.800 bits per heavy atom. The van der Waals surface area contributed by atoms with Gasteiger partial charge >= 0.3 is 0 Å². The first-order valence-corrected chi connectivity index (χ1v) is 8.82. The number of benzene rings is 3. The maximum atomic E-state index is 6.08. The van der Waals surface area contributed by atoms with E-state index in [9.17, 15) is 0 Å². The average molecular weight is 390 g/mol. The van der Waals surface area contributed by atoms with Crippen LogP contribution < -0.4 is 9.64 Å². The van der Waals surface area contributed by atoms with Crippen LogP contribution in [0.2, 0.25) is 0 Å². The van der Waals surface area contributed by atoms with E-state index in [0.717, 1.165) is 38.6 Å². The Bertz CT molecular complexity index is 932. The molecule has 25 heavy (non-hydrogen) atoms. The predicted octanol–water partition coefficient (Wildman–Crippen LogP) is 7.22. The first-order chi connectivity index (χ1) is 12.3. The summed E-state index contributed by atoms with van der Waals surface area (Å²) in [5, 5.41) is 0. The summed E-state index contributed by atoms with van der Waals surface area (Å²) in [6.45, 7) is 3.75. The Kier molecular flexibility index (Phi) is 4.16. The lowest BCUT2D eigenvalue weighted by molar-refractivity contribution is 0.477. The molecule has 3 aromatic carbocycles. The number of halogens is 1. The van der Waals surface area contributed by atoms with Gasteiger partial charge in [-0.3, -0.25) is 0 Å². The Balaban J connectivity index is 1.94. The Morgan fingerprint density at radius 3 is 2.04 bits per heavy atom. The standard InChI is InChI=1S/C22H16BrNO/c1-2-3-9-16-10-8-13-19(22(16)23)24-17-11-4-6-14-20(17)25-21-15-7-5-12-18(21)24/h2-15H,1H2/b9-3-. The van der Waals surface area contributed by atoms with E-state index in [1.807, 2.05) is 48.6 Å². The molecule has 4 rings (SSSR count). The molecule has 0 bridgehead atoms. The average Bonchev–Trinajstić information content (AvgIpc) is 2.65. The highest BCUT2D eigenvalue weighted by molar-refractivity contribution is 9.10. The quantitative estimate of drug-likeness (QED) is 0.342. The zero-order chi connectivity index (χ0) is 17.2. The van der Waals surface area contributed by atoms with Gasteiger partial charge in [-0.05, 0) is 51.8 Å². The third kappa shape index (κ3) is 2.77. The molecule has 3 aromatic rings. The van der Waals surface area contributed by atoms with E-state index in [-0.39, 0.29) is 0 Å². The molecular weight excluding hydrogens is 374 g/mol. The molecule has 0 amide bonds. The summed E-state index contributed by atoms with van der Waals surface area (Å²) in [6.07, 6.45) is 5.75. The second-order valence-electron chi connectivity index (χ2n) is 5.65. The summed E-state index contributed by atoms with van der Waals surface area (Å²) in [7, 11) is 0. The zero-order valence-corrected chi connectivity index (χ0v) is 15.1. The highest BCUT2D eigenvalue weighted by atomic mass is 79.9. The van der Waals surface area contributed by atoms with E-state index >= 15 is 0 Å². The molecule has 1 heterocycles. The van der Waals surface area contributed by atoms with Crippen LogP contribution in [0.15, 0.2) is 89.9 Å². The molecule has 0 aromatic heterocycles. The number of nitrogens with zero attached hydrogens (tertiary/aromatic N) is 1. The molecule has 0 radical (unpaired) electrons. The van der Waals surface area contributed by atoms with Crippen molar-refractivity contribution >= 4 is 39.1 Å². The highest BCUT2D eigenvalue weighted by Gasteiger charge is 2.26. The first kappa shape index (κ1) is 15.7. The Hall–Kier alpha value is -2.78. The van der Waals surface area contributed by atoms with Gasteiger partial charge in [0.25, 0.3) is 0 Å². The van der Waals surface area contributed by atoms with Gasteiger partial charge < -0.3 is 9.64 Å². The van der Waals surface area contributed by atoms with Crippen LogP contribution in [-0.4, -0.2) is 0 Å². The van der Waals surface area contributed by atoms with Crippen LogP contribution in [0.25, 0.3) is 6.08 Å². The molecule has 0 saturated heterocycles. The van der Waals surface area contributed by atoms with Crippen LogP contribution in [0, 0.1) is 0 Å². The van der Waals surface area contributed by atoms with Gasteiger partial charge in [-0.2, -0.15) is 0 Å². The monoisotopic (exact) mass is 389 g/mol. The largest absolute Gasteiger partial charge is 0.453 e. The van der Waals surface area contributed by atoms with Crippen molar-refractivity contribution < 1.29 is 4.74 Å². The van der Waals surface area contributed by atoms with Crippen molar-refractivity contribution in [2.75, 3.05) is 4.90 Å². The van der Waals surface area contributed by atoms with Gasteiger partial charge in [-0.25, -0.2) is 0 Å². The van der Waals surface area contributed by atoms with Crippen molar-refractivity contribution in [2.24, 2.45) is 0 Å². The SMILES string of the molecule is C=C/C=C\c1cccc(N2c3ccccc3Oc3ccccc32)c1Br. The van der Waals surface area contributed by atoms with Gasteiger partial charge in [0.15, 0.2) is 11.5 Å². The van der Waals surface area contributed by atoms with Crippen LogP contribution in [0.1, 0.15) is 5.56 Å². The predicted molar refractivity (Wildman–Crippen MR) is 108 cm³/mol. The number of rotatable bonds is 3. The summed E-state index contributed by atoms with van der Waals surface area (Å²) in [5.74, 6) is 1.69. The van der Waals surface area contributed by atoms with Crippen molar-refractivity contribution in [3.05, 3.63) is 95.5 Å². The molecule has 1 aliphatic rings. The number of hydrogen-bond acceptors (Lipinski definition) is 2. The minimum absolute atomic E-state index is 0.847. The van der Waals surface area contributed by atoms with Crippen LogP contribution in [0.3, 0.4) is 0 Å². The van der Waals surface area contributed by atoms with Crippen molar-refractivity contribution in [3.63, 3.8) is 0 Å². The molecule has 3 heteroatoms. The summed E-state index contributed by atoms with van der Waals surface area (Å²) in [4.78, 5) is 2.23. The van der Waals surface area contributed by atoms with Gasteiger partial charge in [0.1, 0.15) is 0 Å². The number of ether oxygens (including phenoxy) is 1. The smallest absolute Gasteiger partial charge is 0.151 e. The zero-order valence-electron chi connectivity index (χ0n) is 13.5. The number of allylic oxidation sites excluding steroid dienone is 2. The van der Waals surface area contributed by atoms with Crippen LogP contribution in [0.4, 0.5) is 17.1 Å². The molecule has 0 spiro atoms. The van der Waals surface area contributed by atoms with Crippen molar-refractivity contribution in [1.29, 1.82) is 0 Å². The number of fused-ring (bicyclic) bond motifs is 2. The van der Waals surface area contributed by atoms with Crippen LogP contribution in [0.5, 0.6) is 11.5 Å². The highest BCUT2D eigenvalue weighted by Crippen LogP contribution is 2.51. The lowest BCUT2D eigenvalue weighted by Crippen LogP contribution is -2.16. The Morgan fingerprint density at radius 2 is 1.40 bits per heavy atom. The maximum Gasteiger partial charge on any atom is 0.151 e. The molecule has 0 N–H and O–H groups in total. The fourth-order valence-corrected chi connectivity index (χ4v) is 3.55. The number of para-hydroxylation sites is 4. The summed E-state index contributed by atoms with van der Waals surface area (Å²) < 4.78 is 7.11. The van der Waals surface area contributed by atoms with E-state index in [0.29, 0.717) is 0 Å². The molecule has 0 atom stereocenters. The Labute approximate surface area is 155 Å². The lowest BCUT2D eigenvalue weighted by atomic mass is 10.1. The normalized spacial score (nSPS) is 12.4. The fraction of sp³-hybridized carbons (Fsp3) is 0. The van der Waals surface area contributed by atoms with Gasteiger partial charge in [0.05, 0.1) is 17.1 Å². The lowest BCUT2D eigenvalue weighted by Gasteiger charge is -2.33. The fourth-order valence-electron chi connectivity index (χ4n) is 2.97. The van der Waals surface area contributed by atoms with Crippen LogP contribution >= 0.6 is 15.9 Å². The van der Waals surface area contributed by atoms with E-state index in [4.69, 9.17) is 4.74 Å². The third-order valence-electron chi connectivity index (χ3n) is 4.09. The van der Waals surface area contributed by atoms with E-state index < -0.39 is 0 Å². The molecule has 0 unspecified atom stereocenters. The van der Waals surface area contributed by atoms with E-state index in [1.165, 1.54) is 0 Å². The first-order valence-electron chi connectivity index (χ1n) is 8.03. The van der Waals surface area contributed by atoms with Crippen molar-refractivity contribution in [1.82, 2.24) is 0 Å². The van der Waals surface area contributed by atoms with Crippen LogP contribution in [-0.2, 0) is 0 Å². The summed E-state index contributed by atoms with van der Waals surface area (Å²) in [6, 6.07) is 22.4. The molecule has 0 fully saturated rings. The topological polar surface area (TPSA) is 12.5 Å². The third-order valence-corrected chi connectivity index (χ3v) is 4.96. The minimum Gasteiger partial charge on any atom is -0.453 e. The number of hydrogen-bond donors (Lipinski definition) is 0. The molecular formula is C22H16BrNO. The maximum absolute atomic E-state index is 6.08. The second kappa shape index (κ2) is 6.61. The molecule has 1 aliphatic heterocycles. The number of anilines is 3. The molecule has 0 saturated carbocycles. The van der Waals surface area contributed by atoms with Gasteiger partial charge in [-0.1, -0.05) is 61.2 Å². The van der Waals surface area contributed by atoms with E-state index in [2.05, 4.69) is 57.7 Å². The van der Waals surface area contributed by atoms with Crippen molar-refractivity contribution in [3.8, 4) is 11.5 Å². The molecule has 122 valence electrons. The second-order valence-corrected chi connectivity index (χ2v) is 6.44. The van der Waals surface area contributed by atoms with Gasteiger partial charge in [0, 0.05) is 4.47 Å². The summed E-state index contributed by atoms with van der Waals surface area (Å²) >= 11 is 3.78. The van der Waals surface area contributed by atoms with Gasteiger partial charge in [0.2, 0.25) is 0 Å². The van der Waals surface area contributed by atoms with Gasteiger partial charge in [-0.15, -0.1) is 0 Å². The molecule has 2 nitrogen and oxygen atoms in total. The van der Waals surface area contributed by atoms with Crippen molar-refractivity contribution in [2.45, 2.75) is 0 Å².